The Morgan fingerprint density at radius 1 is 1.11 bits per heavy atom. The van der Waals surface area contributed by atoms with Gasteiger partial charge in [0.2, 0.25) is 5.91 Å². The SMILES string of the molecule is O=C(COc1ccc(Cl)c(Cl)c1)NC12CC(C(=O)Nc3ccccn3)(C1)C2. The molecule has 0 saturated heterocycles. The van der Waals surface area contributed by atoms with Crippen molar-refractivity contribution in [2.45, 2.75) is 24.8 Å². The van der Waals surface area contributed by atoms with E-state index in [0.717, 1.165) is 0 Å². The molecule has 140 valence electrons. The number of hydrogen-bond acceptors (Lipinski definition) is 4. The van der Waals surface area contributed by atoms with Crippen molar-refractivity contribution in [2.75, 3.05) is 11.9 Å². The lowest BCUT2D eigenvalue weighted by Gasteiger charge is -2.69. The van der Waals surface area contributed by atoms with Gasteiger partial charge in [-0.1, -0.05) is 29.3 Å². The summed E-state index contributed by atoms with van der Waals surface area (Å²) in [7, 11) is 0. The minimum atomic E-state index is -0.393. The second kappa shape index (κ2) is 6.69. The zero-order valence-electron chi connectivity index (χ0n) is 14.3. The quantitative estimate of drug-likeness (QED) is 0.770. The van der Waals surface area contributed by atoms with Crippen molar-refractivity contribution in [1.82, 2.24) is 10.3 Å². The number of benzene rings is 1. The van der Waals surface area contributed by atoms with Gasteiger partial charge in [-0.3, -0.25) is 9.59 Å². The van der Waals surface area contributed by atoms with E-state index in [1.54, 1.807) is 36.5 Å². The second-order valence-corrected chi connectivity index (χ2v) is 7.99. The number of halogens is 2. The molecule has 2 bridgehead atoms. The number of anilines is 1. The Morgan fingerprint density at radius 3 is 2.56 bits per heavy atom. The third-order valence-electron chi connectivity index (χ3n) is 5.08. The first-order valence-electron chi connectivity index (χ1n) is 8.51. The summed E-state index contributed by atoms with van der Waals surface area (Å²) in [5.74, 6) is 0.757. The van der Waals surface area contributed by atoms with Gasteiger partial charge >= 0.3 is 0 Å². The molecule has 1 aromatic heterocycles. The minimum Gasteiger partial charge on any atom is -0.484 e. The van der Waals surface area contributed by atoms with Crippen LogP contribution in [0.3, 0.4) is 0 Å². The number of pyridine rings is 1. The summed E-state index contributed by atoms with van der Waals surface area (Å²) in [6.45, 7) is -0.118. The van der Waals surface area contributed by atoms with E-state index in [0.29, 0.717) is 40.9 Å². The molecule has 3 aliphatic rings. The number of nitrogens with one attached hydrogen (secondary N) is 2. The van der Waals surface area contributed by atoms with E-state index in [1.807, 2.05) is 6.07 Å². The van der Waals surface area contributed by atoms with Crippen LogP contribution in [0.1, 0.15) is 19.3 Å². The number of rotatable bonds is 6. The van der Waals surface area contributed by atoms with Crippen LogP contribution in [0, 0.1) is 5.41 Å². The Bertz CT molecular complexity index is 885. The Balaban J connectivity index is 1.25. The zero-order valence-corrected chi connectivity index (χ0v) is 15.8. The van der Waals surface area contributed by atoms with E-state index in [4.69, 9.17) is 27.9 Å². The number of amides is 2. The summed E-state index contributed by atoms with van der Waals surface area (Å²) < 4.78 is 5.44. The molecule has 5 rings (SSSR count). The van der Waals surface area contributed by atoms with E-state index in [-0.39, 0.29) is 24.0 Å². The number of aromatic nitrogens is 1. The Morgan fingerprint density at radius 2 is 1.89 bits per heavy atom. The molecular formula is C19H17Cl2N3O3. The first kappa shape index (κ1) is 18.1. The number of hydrogen-bond donors (Lipinski definition) is 2. The second-order valence-electron chi connectivity index (χ2n) is 7.17. The average Bonchev–Trinajstić information content (AvgIpc) is 2.58. The number of nitrogens with zero attached hydrogens (tertiary/aromatic N) is 1. The predicted molar refractivity (Wildman–Crippen MR) is 102 cm³/mol. The van der Waals surface area contributed by atoms with Gasteiger partial charge < -0.3 is 15.4 Å². The summed E-state index contributed by atoms with van der Waals surface area (Å²) >= 11 is 11.8. The molecule has 1 heterocycles. The van der Waals surface area contributed by atoms with E-state index in [1.165, 1.54) is 0 Å². The highest BCUT2D eigenvalue weighted by Crippen LogP contribution is 2.67. The van der Waals surface area contributed by atoms with E-state index >= 15 is 0 Å². The minimum absolute atomic E-state index is 0.0376. The summed E-state index contributed by atoms with van der Waals surface area (Å²) in [5.41, 5.74) is -0.686. The molecule has 3 fully saturated rings. The van der Waals surface area contributed by atoms with Gasteiger partial charge in [0, 0.05) is 17.8 Å². The number of ether oxygens (including phenoxy) is 1. The highest BCUT2D eigenvalue weighted by atomic mass is 35.5. The van der Waals surface area contributed by atoms with Gasteiger partial charge in [0.25, 0.3) is 5.91 Å². The summed E-state index contributed by atoms with van der Waals surface area (Å²) in [4.78, 5) is 28.7. The van der Waals surface area contributed by atoms with Crippen LogP contribution in [0.4, 0.5) is 5.82 Å². The molecule has 0 spiro atoms. The third kappa shape index (κ3) is 3.47. The fourth-order valence-corrected chi connectivity index (χ4v) is 4.18. The van der Waals surface area contributed by atoms with Crippen molar-refractivity contribution in [2.24, 2.45) is 5.41 Å². The summed E-state index contributed by atoms with van der Waals surface area (Å²) in [6, 6.07) is 10.2. The molecule has 2 aromatic rings. The summed E-state index contributed by atoms with van der Waals surface area (Å²) in [6.07, 6.45) is 3.54. The predicted octanol–water partition coefficient (Wildman–Crippen LogP) is 3.44. The van der Waals surface area contributed by atoms with Gasteiger partial charge in [-0.2, -0.15) is 0 Å². The lowest BCUT2D eigenvalue weighted by molar-refractivity contribution is -0.179. The van der Waals surface area contributed by atoms with Crippen molar-refractivity contribution in [3.63, 3.8) is 0 Å². The van der Waals surface area contributed by atoms with Crippen molar-refractivity contribution < 1.29 is 14.3 Å². The van der Waals surface area contributed by atoms with Crippen molar-refractivity contribution in [3.8, 4) is 5.75 Å². The van der Waals surface area contributed by atoms with Crippen LogP contribution in [-0.4, -0.2) is 28.9 Å². The van der Waals surface area contributed by atoms with Crippen LogP contribution < -0.4 is 15.4 Å². The molecule has 3 saturated carbocycles. The molecule has 2 amide bonds. The lowest BCUT2D eigenvalue weighted by atomic mass is 9.39. The maximum absolute atomic E-state index is 12.4. The maximum atomic E-state index is 12.4. The molecule has 0 aliphatic heterocycles. The van der Waals surface area contributed by atoms with Crippen LogP contribution in [-0.2, 0) is 9.59 Å². The van der Waals surface area contributed by atoms with Crippen LogP contribution in [0.5, 0.6) is 5.75 Å². The third-order valence-corrected chi connectivity index (χ3v) is 5.82. The standard InChI is InChI=1S/C19H17Cl2N3O3/c20-13-5-4-12(7-14(13)21)27-8-16(25)24-19-9-18(10-19,11-19)17(26)23-15-3-1-2-6-22-15/h1-7H,8-11H2,(H,24,25)(H,22,23,26). The number of carbonyl (C=O) groups excluding carboxylic acids is 2. The maximum Gasteiger partial charge on any atom is 0.258 e. The van der Waals surface area contributed by atoms with Crippen molar-refractivity contribution in [1.29, 1.82) is 0 Å². The lowest BCUT2D eigenvalue weighted by Crippen LogP contribution is -2.78. The van der Waals surface area contributed by atoms with Gasteiger partial charge in [-0.25, -0.2) is 4.98 Å². The van der Waals surface area contributed by atoms with E-state index in [9.17, 15) is 9.59 Å². The average molecular weight is 406 g/mol. The molecule has 6 nitrogen and oxygen atoms in total. The molecule has 0 radical (unpaired) electrons. The fraction of sp³-hybridized carbons (Fsp3) is 0.316. The molecule has 0 atom stereocenters. The Hall–Kier alpha value is -2.31. The van der Waals surface area contributed by atoms with Gasteiger partial charge in [0.15, 0.2) is 6.61 Å². The fourth-order valence-electron chi connectivity index (χ4n) is 3.89. The van der Waals surface area contributed by atoms with Gasteiger partial charge in [0.05, 0.1) is 15.5 Å². The van der Waals surface area contributed by atoms with Gasteiger partial charge in [-0.05, 0) is 43.5 Å². The van der Waals surface area contributed by atoms with Crippen LogP contribution in [0.2, 0.25) is 10.0 Å². The normalized spacial score (nSPS) is 25.0. The Labute approximate surface area is 166 Å². The molecular weight excluding hydrogens is 389 g/mol. The largest absolute Gasteiger partial charge is 0.484 e. The Kier molecular flexibility index (Phi) is 4.48. The molecule has 2 N–H and O–H groups in total. The van der Waals surface area contributed by atoms with Crippen molar-refractivity contribution in [3.05, 3.63) is 52.6 Å². The highest BCUT2D eigenvalue weighted by Gasteiger charge is 2.72. The summed E-state index contributed by atoms with van der Waals surface area (Å²) in [5, 5.41) is 6.62. The molecule has 0 unspecified atom stereocenters. The number of carbonyl (C=O) groups is 2. The van der Waals surface area contributed by atoms with Gasteiger partial charge in [0.1, 0.15) is 11.6 Å². The van der Waals surface area contributed by atoms with Crippen molar-refractivity contribution >= 4 is 40.8 Å². The van der Waals surface area contributed by atoms with Crippen LogP contribution >= 0.6 is 23.2 Å². The van der Waals surface area contributed by atoms with E-state index in [2.05, 4.69) is 15.6 Å². The van der Waals surface area contributed by atoms with E-state index < -0.39 is 5.41 Å². The smallest absolute Gasteiger partial charge is 0.258 e. The molecule has 1 aromatic carbocycles. The molecule has 27 heavy (non-hydrogen) atoms. The first-order chi connectivity index (χ1) is 12.9. The molecule has 8 heteroatoms. The van der Waals surface area contributed by atoms with Gasteiger partial charge in [-0.15, -0.1) is 0 Å². The monoisotopic (exact) mass is 405 g/mol. The highest BCUT2D eigenvalue weighted by molar-refractivity contribution is 6.42. The van der Waals surface area contributed by atoms with Crippen LogP contribution in [0.15, 0.2) is 42.6 Å². The van der Waals surface area contributed by atoms with Crippen LogP contribution in [0.25, 0.3) is 0 Å². The zero-order chi connectivity index (χ0) is 19.1. The molecule has 3 aliphatic carbocycles. The first-order valence-corrected chi connectivity index (χ1v) is 9.27. The topological polar surface area (TPSA) is 80.3 Å².